The quantitative estimate of drug-likeness (QED) is 0.646. The summed E-state index contributed by atoms with van der Waals surface area (Å²) < 4.78 is 33.0. The number of ether oxygens (including phenoxy) is 2. The minimum atomic E-state index is -3.81. The molecule has 2 aromatic carbocycles. The van der Waals surface area contributed by atoms with Crippen molar-refractivity contribution < 1.29 is 27.5 Å². The van der Waals surface area contributed by atoms with Crippen molar-refractivity contribution in [2.75, 3.05) is 11.9 Å². The van der Waals surface area contributed by atoms with Gasteiger partial charge in [0.15, 0.2) is 6.10 Å². The molecule has 0 spiro atoms. The highest BCUT2D eigenvalue weighted by Crippen LogP contribution is 2.14. The van der Waals surface area contributed by atoms with Crippen molar-refractivity contribution in [3.8, 4) is 5.75 Å². The first kappa shape index (κ1) is 21.4. The maximum absolute atomic E-state index is 12.1. The van der Waals surface area contributed by atoms with Gasteiger partial charge in [0.2, 0.25) is 10.0 Å². The van der Waals surface area contributed by atoms with Crippen molar-refractivity contribution in [2.24, 2.45) is 5.14 Å². The van der Waals surface area contributed by atoms with Crippen LogP contribution in [0, 0.1) is 6.92 Å². The fraction of sp³-hybridized carbons (Fsp3) is 0.263. The second kappa shape index (κ2) is 9.34. The molecule has 0 heterocycles. The highest BCUT2D eigenvalue weighted by atomic mass is 32.2. The number of sulfonamides is 1. The number of rotatable bonds is 8. The van der Waals surface area contributed by atoms with Crippen LogP contribution in [-0.2, 0) is 24.3 Å². The Bertz CT molecular complexity index is 941. The fourth-order valence-corrected chi connectivity index (χ4v) is 2.75. The Morgan fingerprint density at radius 1 is 1.14 bits per heavy atom. The first-order chi connectivity index (χ1) is 13.1. The molecule has 2 aromatic rings. The molecule has 1 amide bonds. The number of esters is 1. The van der Waals surface area contributed by atoms with Crippen molar-refractivity contribution in [1.82, 2.24) is 0 Å². The van der Waals surface area contributed by atoms with Gasteiger partial charge in [-0.05, 0) is 55.8 Å². The number of nitrogens with two attached hydrogens (primary N) is 1. The van der Waals surface area contributed by atoms with Crippen LogP contribution in [0.25, 0.3) is 0 Å². The Hall–Kier alpha value is -2.91. The molecular weight excluding hydrogens is 384 g/mol. The van der Waals surface area contributed by atoms with Gasteiger partial charge >= 0.3 is 5.97 Å². The average molecular weight is 406 g/mol. The molecule has 1 atom stereocenters. The van der Waals surface area contributed by atoms with Crippen molar-refractivity contribution >= 4 is 27.6 Å². The van der Waals surface area contributed by atoms with Crippen LogP contribution in [0.5, 0.6) is 5.75 Å². The van der Waals surface area contributed by atoms with Gasteiger partial charge < -0.3 is 14.8 Å². The number of hydrogen-bond donors (Lipinski definition) is 2. The first-order valence-electron chi connectivity index (χ1n) is 8.48. The van der Waals surface area contributed by atoms with Gasteiger partial charge in [-0.1, -0.05) is 12.1 Å². The summed E-state index contributed by atoms with van der Waals surface area (Å²) in [5.41, 5.74) is 1.39. The lowest BCUT2D eigenvalue weighted by molar-refractivity contribution is -0.153. The number of hydrogen-bond acceptors (Lipinski definition) is 6. The number of carbonyl (C=O) groups is 2. The highest BCUT2D eigenvalue weighted by molar-refractivity contribution is 7.89. The zero-order valence-corrected chi connectivity index (χ0v) is 16.4. The van der Waals surface area contributed by atoms with Crippen molar-refractivity contribution in [3.05, 3.63) is 54.1 Å². The van der Waals surface area contributed by atoms with Crippen molar-refractivity contribution in [1.29, 1.82) is 0 Å². The van der Waals surface area contributed by atoms with Gasteiger partial charge in [0.1, 0.15) is 5.75 Å². The normalized spacial score (nSPS) is 12.1. The molecule has 8 nitrogen and oxygen atoms in total. The Morgan fingerprint density at radius 2 is 1.82 bits per heavy atom. The molecule has 9 heteroatoms. The molecule has 0 unspecified atom stereocenters. The number of nitrogens with one attached hydrogen (secondary N) is 1. The SMILES string of the molecule is Cc1cccc(OCCC(=O)O[C@@H](C)C(=O)Nc2ccc(S(N)(=O)=O)cc2)c1. The van der Waals surface area contributed by atoms with Crippen LogP contribution >= 0.6 is 0 Å². The minimum absolute atomic E-state index is 0.00534. The first-order valence-corrected chi connectivity index (χ1v) is 10.0. The van der Waals surface area contributed by atoms with E-state index in [-0.39, 0.29) is 17.9 Å². The number of anilines is 1. The Balaban J connectivity index is 1.78. The summed E-state index contributed by atoms with van der Waals surface area (Å²) in [6, 6.07) is 12.7. The van der Waals surface area contributed by atoms with Gasteiger partial charge in [-0.25, -0.2) is 13.6 Å². The lowest BCUT2D eigenvalue weighted by Gasteiger charge is -2.14. The lowest BCUT2D eigenvalue weighted by atomic mass is 10.2. The topological polar surface area (TPSA) is 125 Å². The van der Waals surface area contributed by atoms with E-state index in [0.717, 1.165) is 5.56 Å². The summed E-state index contributed by atoms with van der Waals surface area (Å²) in [5.74, 6) is -0.460. The van der Waals surface area contributed by atoms with Gasteiger partial charge in [0.25, 0.3) is 5.91 Å². The van der Waals surface area contributed by atoms with Crippen LogP contribution < -0.4 is 15.2 Å². The zero-order valence-electron chi connectivity index (χ0n) is 15.5. The standard InChI is InChI=1S/C19H22N2O6S/c1-13-4-3-5-16(12-13)26-11-10-18(22)27-14(2)19(23)21-15-6-8-17(9-7-15)28(20,24)25/h3-9,12,14H,10-11H2,1-2H3,(H,21,23)(H2,20,24,25)/t14-/m0/s1. The third kappa shape index (κ3) is 6.67. The Kier molecular flexibility index (Phi) is 7.13. The highest BCUT2D eigenvalue weighted by Gasteiger charge is 2.18. The molecular formula is C19H22N2O6S. The third-order valence-electron chi connectivity index (χ3n) is 3.69. The number of primary sulfonamides is 1. The van der Waals surface area contributed by atoms with E-state index in [4.69, 9.17) is 14.6 Å². The fourth-order valence-electron chi connectivity index (χ4n) is 2.24. The molecule has 0 radical (unpaired) electrons. The summed E-state index contributed by atoms with van der Waals surface area (Å²) in [6.07, 6.45) is -1.03. The number of aryl methyl sites for hydroxylation is 1. The van der Waals surface area contributed by atoms with E-state index in [1.807, 2.05) is 25.1 Å². The predicted octanol–water partition coefficient (Wildman–Crippen LogP) is 1.98. The summed E-state index contributed by atoms with van der Waals surface area (Å²) in [5, 5.41) is 7.54. The van der Waals surface area contributed by atoms with Crippen LogP contribution in [0.1, 0.15) is 18.9 Å². The Labute approximate surface area is 163 Å². The van der Waals surface area contributed by atoms with E-state index in [1.54, 1.807) is 6.07 Å². The molecule has 0 saturated heterocycles. The van der Waals surface area contributed by atoms with Crippen molar-refractivity contribution in [2.45, 2.75) is 31.3 Å². The summed E-state index contributed by atoms with van der Waals surface area (Å²) >= 11 is 0. The predicted molar refractivity (Wildman–Crippen MR) is 103 cm³/mol. The molecule has 0 aliphatic rings. The van der Waals surface area contributed by atoms with Crippen LogP contribution in [0.2, 0.25) is 0 Å². The molecule has 0 aliphatic heterocycles. The van der Waals surface area contributed by atoms with Crippen LogP contribution in [0.3, 0.4) is 0 Å². The van der Waals surface area contributed by atoms with E-state index in [2.05, 4.69) is 5.32 Å². The van der Waals surface area contributed by atoms with Crippen LogP contribution in [-0.4, -0.2) is 33.0 Å². The number of benzene rings is 2. The van der Waals surface area contributed by atoms with Gasteiger partial charge in [0.05, 0.1) is 17.9 Å². The van der Waals surface area contributed by atoms with Gasteiger partial charge in [-0.15, -0.1) is 0 Å². The lowest BCUT2D eigenvalue weighted by Crippen LogP contribution is -2.30. The molecule has 3 N–H and O–H groups in total. The maximum Gasteiger partial charge on any atom is 0.310 e. The van der Waals surface area contributed by atoms with Crippen LogP contribution in [0.4, 0.5) is 5.69 Å². The molecule has 150 valence electrons. The monoisotopic (exact) mass is 406 g/mol. The second-order valence-corrected chi connectivity index (χ2v) is 7.67. The van der Waals surface area contributed by atoms with E-state index in [1.165, 1.54) is 31.2 Å². The van der Waals surface area contributed by atoms with Gasteiger partial charge in [-0.3, -0.25) is 9.59 Å². The molecule has 0 aromatic heterocycles. The molecule has 2 rings (SSSR count). The summed E-state index contributed by atoms with van der Waals surface area (Å²) in [6.45, 7) is 3.50. The summed E-state index contributed by atoms with van der Waals surface area (Å²) in [4.78, 5) is 23.9. The number of amides is 1. The van der Waals surface area contributed by atoms with E-state index in [0.29, 0.717) is 11.4 Å². The Morgan fingerprint density at radius 3 is 2.43 bits per heavy atom. The largest absolute Gasteiger partial charge is 0.493 e. The van der Waals surface area contributed by atoms with E-state index in [9.17, 15) is 18.0 Å². The molecule has 0 bridgehead atoms. The van der Waals surface area contributed by atoms with Gasteiger partial charge in [-0.2, -0.15) is 0 Å². The molecule has 28 heavy (non-hydrogen) atoms. The smallest absolute Gasteiger partial charge is 0.310 e. The maximum atomic E-state index is 12.1. The molecule has 0 fully saturated rings. The average Bonchev–Trinajstić information content (AvgIpc) is 2.61. The second-order valence-electron chi connectivity index (χ2n) is 6.11. The van der Waals surface area contributed by atoms with E-state index >= 15 is 0 Å². The van der Waals surface area contributed by atoms with Crippen molar-refractivity contribution in [3.63, 3.8) is 0 Å². The molecule has 0 aliphatic carbocycles. The van der Waals surface area contributed by atoms with Gasteiger partial charge in [0, 0.05) is 5.69 Å². The van der Waals surface area contributed by atoms with E-state index < -0.39 is 28.0 Å². The van der Waals surface area contributed by atoms with Crippen LogP contribution in [0.15, 0.2) is 53.4 Å². The third-order valence-corrected chi connectivity index (χ3v) is 4.62. The minimum Gasteiger partial charge on any atom is -0.493 e. The number of carbonyl (C=O) groups excluding carboxylic acids is 2. The zero-order chi connectivity index (χ0) is 20.7. The molecule has 0 saturated carbocycles. The summed E-state index contributed by atoms with van der Waals surface area (Å²) in [7, 11) is -3.81.